The summed E-state index contributed by atoms with van der Waals surface area (Å²) in [5.74, 6) is 1.73. The van der Waals surface area contributed by atoms with Crippen molar-refractivity contribution in [2.75, 3.05) is 0 Å². The molecule has 0 saturated carbocycles. The number of ether oxygens (including phenoxy) is 1. The van der Waals surface area contributed by atoms with Gasteiger partial charge in [-0.25, -0.2) is 0 Å². The van der Waals surface area contributed by atoms with E-state index in [1.54, 1.807) is 12.1 Å². The summed E-state index contributed by atoms with van der Waals surface area (Å²) in [5, 5.41) is 4.37. The highest BCUT2D eigenvalue weighted by Crippen LogP contribution is 2.25. The second kappa shape index (κ2) is 6.54. The molecule has 19 heavy (non-hydrogen) atoms. The summed E-state index contributed by atoms with van der Waals surface area (Å²) in [6, 6.07) is 5.45. The highest BCUT2D eigenvalue weighted by Gasteiger charge is 2.08. The minimum absolute atomic E-state index is 0.231. The Balaban J connectivity index is 1.97. The fourth-order valence-corrected chi connectivity index (χ4v) is 1.85. The van der Waals surface area contributed by atoms with Crippen LogP contribution < -0.4 is 10.5 Å². The van der Waals surface area contributed by atoms with Gasteiger partial charge in [0, 0.05) is 13.0 Å². The van der Waals surface area contributed by atoms with E-state index in [1.807, 2.05) is 6.07 Å². The zero-order valence-corrected chi connectivity index (χ0v) is 11.5. The lowest BCUT2D eigenvalue weighted by Gasteiger charge is -2.06. The van der Waals surface area contributed by atoms with Gasteiger partial charge in [-0.3, -0.25) is 0 Å². The number of hydrogen-bond acceptors (Lipinski definition) is 5. The van der Waals surface area contributed by atoms with Crippen LogP contribution in [0.15, 0.2) is 22.7 Å². The van der Waals surface area contributed by atoms with Crippen molar-refractivity contribution in [3.8, 4) is 5.75 Å². The molecule has 0 aliphatic rings. The average molecular weight is 282 g/mol. The van der Waals surface area contributed by atoms with Crippen molar-refractivity contribution in [1.29, 1.82) is 0 Å². The molecule has 2 rings (SSSR count). The van der Waals surface area contributed by atoms with Crippen LogP contribution >= 0.6 is 11.6 Å². The van der Waals surface area contributed by atoms with E-state index in [0.717, 1.165) is 18.4 Å². The number of nitrogens with zero attached hydrogens (tertiary/aromatic N) is 2. The lowest BCUT2D eigenvalue weighted by Crippen LogP contribution is -2.00. The molecular weight excluding hydrogens is 266 g/mol. The number of aromatic nitrogens is 2. The molecule has 0 spiro atoms. The molecule has 0 amide bonds. The smallest absolute Gasteiger partial charge is 0.226 e. The van der Waals surface area contributed by atoms with E-state index < -0.39 is 0 Å². The number of hydrogen-bond donors (Lipinski definition) is 1. The molecule has 5 nitrogen and oxygen atoms in total. The van der Waals surface area contributed by atoms with Crippen LogP contribution in [0.25, 0.3) is 0 Å². The van der Waals surface area contributed by atoms with Crippen molar-refractivity contribution in [1.82, 2.24) is 10.1 Å². The van der Waals surface area contributed by atoms with Gasteiger partial charge in [0.2, 0.25) is 11.7 Å². The van der Waals surface area contributed by atoms with Crippen molar-refractivity contribution in [2.45, 2.75) is 32.9 Å². The van der Waals surface area contributed by atoms with Crippen molar-refractivity contribution < 1.29 is 9.26 Å². The Labute approximate surface area is 116 Å². The zero-order chi connectivity index (χ0) is 13.7. The topological polar surface area (TPSA) is 74.2 Å². The first kappa shape index (κ1) is 13.8. The van der Waals surface area contributed by atoms with Crippen LogP contribution in [-0.4, -0.2) is 10.1 Å². The van der Waals surface area contributed by atoms with Crippen molar-refractivity contribution >= 4 is 11.6 Å². The molecule has 1 aromatic heterocycles. The predicted molar refractivity (Wildman–Crippen MR) is 72.0 cm³/mol. The second-order valence-electron chi connectivity index (χ2n) is 4.11. The summed E-state index contributed by atoms with van der Waals surface area (Å²) in [6.45, 7) is 2.74. The minimum atomic E-state index is 0.231. The molecule has 0 radical (unpaired) electrons. The predicted octanol–water partition coefficient (Wildman–Crippen LogP) is 2.71. The molecule has 1 heterocycles. The maximum Gasteiger partial charge on any atom is 0.226 e. The van der Waals surface area contributed by atoms with Gasteiger partial charge >= 0.3 is 0 Å². The molecule has 2 aromatic rings. The number of rotatable bonds is 6. The van der Waals surface area contributed by atoms with Crippen LogP contribution in [0.2, 0.25) is 5.02 Å². The monoisotopic (exact) mass is 281 g/mol. The minimum Gasteiger partial charge on any atom is -0.484 e. The van der Waals surface area contributed by atoms with Gasteiger partial charge in [0.15, 0.2) is 6.61 Å². The molecule has 2 N–H and O–H groups in total. The Morgan fingerprint density at radius 2 is 2.26 bits per heavy atom. The summed E-state index contributed by atoms with van der Waals surface area (Å²) in [7, 11) is 0. The standard InChI is InChI=1S/C13H16ClN3O2/c1-2-3-13-16-12(17-19-13)8-18-11-5-4-9(7-15)6-10(11)14/h4-6H,2-3,7-8,15H2,1H3. The Kier molecular flexibility index (Phi) is 4.76. The first-order chi connectivity index (χ1) is 9.22. The molecule has 0 bridgehead atoms. The average Bonchev–Trinajstić information content (AvgIpc) is 2.85. The molecule has 0 aliphatic carbocycles. The van der Waals surface area contributed by atoms with Crippen LogP contribution in [-0.2, 0) is 19.6 Å². The third kappa shape index (κ3) is 3.68. The summed E-state index contributed by atoms with van der Waals surface area (Å²) >= 11 is 6.08. The summed E-state index contributed by atoms with van der Waals surface area (Å²) < 4.78 is 10.6. The first-order valence-electron chi connectivity index (χ1n) is 6.15. The van der Waals surface area contributed by atoms with E-state index in [-0.39, 0.29) is 6.61 Å². The van der Waals surface area contributed by atoms with Crippen LogP contribution in [0.4, 0.5) is 0 Å². The SMILES string of the molecule is CCCc1nc(COc2ccc(CN)cc2Cl)no1. The van der Waals surface area contributed by atoms with E-state index in [4.69, 9.17) is 26.6 Å². The molecule has 0 saturated heterocycles. The van der Waals surface area contributed by atoms with Gasteiger partial charge < -0.3 is 15.0 Å². The van der Waals surface area contributed by atoms with Crippen LogP contribution in [0.3, 0.4) is 0 Å². The fraction of sp³-hybridized carbons (Fsp3) is 0.385. The number of halogens is 1. The lowest BCUT2D eigenvalue weighted by atomic mass is 10.2. The van der Waals surface area contributed by atoms with Crippen molar-refractivity contribution in [3.63, 3.8) is 0 Å². The Morgan fingerprint density at radius 1 is 1.42 bits per heavy atom. The summed E-state index contributed by atoms with van der Waals surface area (Å²) in [5.41, 5.74) is 6.49. The molecule has 0 atom stereocenters. The quantitative estimate of drug-likeness (QED) is 0.881. The van der Waals surface area contributed by atoms with E-state index in [0.29, 0.717) is 29.0 Å². The van der Waals surface area contributed by atoms with Crippen LogP contribution in [0.5, 0.6) is 5.75 Å². The lowest BCUT2D eigenvalue weighted by molar-refractivity contribution is 0.285. The van der Waals surface area contributed by atoms with Crippen molar-refractivity contribution in [2.24, 2.45) is 5.73 Å². The Morgan fingerprint density at radius 3 is 2.95 bits per heavy atom. The normalized spacial score (nSPS) is 10.7. The molecular formula is C13H16ClN3O2. The van der Waals surface area contributed by atoms with E-state index in [9.17, 15) is 0 Å². The Hall–Kier alpha value is -1.59. The zero-order valence-electron chi connectivity index (χ0n) is 10.7. The number of aryl methyl sites for hydroxylation is 1. The van der Waals surface area contributed by atoms with Crippen LogP contribution in [0.1, 0.15) is 30.6 Å². The van der Waals surface area contributed by atoms with Crippen molar-refractivity contribution in [3.05, 3.63) is 40.5 Å². The van der Waals surface area contributed by atoms with Gasteiger partial charge in [-0.2, -0.15) is 4.98 Å². The van der Waals surface area contributed by atoms with Crippen LogP contribution in [0, 0.1) is 0 Å². The molecule has 0 unspecified atom stereocenters. The highest BCUT2D eigenvalue weighted by atomic mass is 35.5. The van der Waals surface area contributed by atoms with Gasteiger partial charge in [0.25, 0.3) is 0 Å². The fourth-order valence-electron chi connectivity index (χ4n) is 1.59. The third-order valence-corrected chi connectivity index (χ3v) is 2.86. The van der Waals surface area contributed by atoms with E-state index in [1.165, 1.54) is 0 Å². The first-order valence-corrected chi connectivity index (χ1v) is 6.53. The van der Waals surface area contributed by atoms with Gasteiger partial charge in [-0.05, 0) is 24.1 Å². The molecule has 1 aromatic carbocycles. The summed E-state index contributed by atoms with van der Waals surface area (Å²) in [6.07, 6.45) is 1.74. The number of benzene rings is 1. The van der Waals surface area contributed by atoms with E-state index >= 15 is 0 Å². The largest absolute Gasteiger partial charge is 0.484 e. The second-order valence-corrected chi connectivity index (χ2v) is 4.52. The van der Waals surface area contributed by atoms with Gasteiger partial charge in [0.1, 0.15) is 5.75 Å². The summed E-state index contributed by atoms with van der Waals surface area (Å²) in [4.78, 5) is 4.21. The Bertz CT molecular complexity index is 542. The van der Waals surface area contributed by atoms with Gasteiger partial charge in [-0.15, -0.1) is 0 Å². The van der Waals surface area contributed by atoms with E-state index in [2.05, 4.69) is 17.1 Å². The molecule has 102 valence electrons. The highest BCUT2D eigenvalue weighted by molar-refractivity contribution is 6.32. The molecule has 0 fully saturated rings. The maximum atomic E-state index is 6.08. The number of nitrogens with two attached hydrogens (primary N) is 1. The maximum absolute atomic E-state index is 6.08. The van der Waals surface area contributed by atoms with Gasteiger partial charge in [0.05, 0.1) is 5.02 Å². The molecule has 0 aliphatic heterocycles. The third-order valence-electron chi connectivity index (χ3n) is 2.56. The molecule has 6 heteroatoms. The van der Waals surface area contributed by atoms with Gasteiger partial charge in [-0.1, -0.05) is 29.7 Å².